The van der Waals surface area contributed by atoms with Crippen molar-refractivity contribution in [2.24, 2.45) is 5.84 Å². The quantitative estimate of drug-likeness (QED) is 0.577. The van der Waals surface area contributed by atoms with E-state index in [-0.39, 0.29) is 6.04 Å². The van der Waals surface area contributed by atoms with Gasteiger partial charge in [-0.15, -0.1) is 0 Å². The predicted molar refractivity (Wildman–Crippen MR) is 54.2 cm³/mol. The van der Waals surface area contributed by atoms with Crippen LogP contribution in [-0.2, 0) is 0 Å². The SMILES string of the molecule is CCCC(NN)c1ncccc1Cl. The third kappa shape index (κ3) is 2.66. The first-order valence-corrected chi connectivity index (χ1v) is 4.74. The van der Waals surface area contributed by atoms with E-state index in [1.807, 2.05) is 12.1 Å². The van der Waals surface area contributed by atoms with Gasteiger partial charge in [-0.25, -0.2) is 0 Å². The van der Waals surface area contributed by atoms with Gasteiger partial charge in [0.2, 0.25) is 0 Å². The van der Waals surface area contributed by atoms with Crippen LogP contribution in [0.4, 0.5) is 0 Å². The fourth-order valence-electron chi connectivity index (χ4n) is 1.24. The normalized spacial score (nSPS) is 12.8. The van der Waals surface area contributed by atoms with Gasteiger partial charge in [0.1, 0.15) is 0 Å². The number of pyridine rings is 1. The summed E-state index contributed by atoms with van der Waals surface area (Å²) in [4.78, 5) is 4.19. The molecule has 1 aromatic rings. The fourth-order valence-corrected chi connectivity index (χ4v) is 1.50. The minimum absolute atomic E-state index is 0.0544. The molecule has 72 valence electrons. The summed E-state index contributed by atoms with van der Waals surface area (Å²) in [5.41, 5.74) is 3.54. The second-order valence-electron chi connectivity index (χ2n) is 2.88. The summed E-state index contributed by atoms with van der Waals surface area (Å²) in [5.74, 6) is 5.41. The topological polar surface area (TPSA) is 50.9 Å². The molecule has 0 aromatic carbocycles. The van der Waals surface area contributed by atoms with Crippen LogP contribution in [0.1, 0.15) is 31.5 Å². The number of nitrogens with two attached hydrogens (primary N) is 1. The van der Waals surface area contributed by atoms with Crippen LogP contribution >= 0.6 is 11.6 Å². The van der Waals surface area contributed by atoms with Crippen LogP contribution in [0.2, 0.25) is 5.02 Å². The van der Waals surface area contributed by atoms with Gasteiger partial charge in [0, 0.05) is 6.20 Å². The first-order chi connectivity index (χ1) is 6.29. The van der Waals surface area contributed by atoms with Crippen LogP contribution in [0.3, 0.4) is 0 Å². The lowest BCUT2D eigenvalue weighted by Gasteiger charge is -2.14. The van der Waals surface area contributed by atoms with Crippen molar-refractivity contribution in [1.29, 1.82) is 0 Å². The maximum absolute atomic E-state index is 5.98. The number of aromatic nitrogens is 1. The Balaban J connectivity index is 2.84. The molecule has 1 atom stereocenters. The van der Waals surface area contributed by atoms with Crippen molar-refractivity contribution in [1.82, 2.24) is 10.4 Å². The van der Waals surface area contributed by atoms with Gasteiger partial charge < -0.3 is 0 Å². The molecule has 1 aromatic heterocycles. The number of hydrazine groups is 1. The highest BCUT2D eigenvalue weighted by atomic mass is 35.5. The van der Waals surface area contributed by atoms with Gasteiger partial charge in [0.05, 0.1) is 16.8 Å². The van der Waals surface area contributed by atoms with Crippen molar-refractivity contribution >= 4 is 11.6 Å². The first-order valence-electron chi connectivity index (χ1n) is 4.36. The van der Waals surface area contributed by atoms with E-state index in [9.17, 15) is 0 Å². The zero-order valence-corrected chi connectivity index (χ0v) is 8.38. The highest BCUT2D eigenvalue weighted by molar-refractivity contribution is 6.31. The summed E-state index contributed by atoms with van der Waals surface area (Å²) < 4.78 is 0. The second kappa shape index (κ2) is 5.17. The standard InChI is InChI=1S/C9H14ClN3/c1-2-4-8(13-11)9-7(10)5-3-6-12-9/h3,5-6,8,13H,2,4,11H2,1H3. The zero-order chi connectivity index (χ0) is 9.68. The van der Waals surface area contributed by atoms with E-state index < -0.39 is 0 Å². The zero-order valence-electron chi connectivity index (χ0n) is 7.63. The molecule has 13 heavy (non-hydrogen) atoms. The van der Waals surface area contributed by atoms with E-state index in [0.717, 1.165) is 18.5 Å². The lowest BCUT2D eigenvalue weighted by Crippen LogP contribution is -2.28. The average Bonchev–Trinajstić information content (AvgIpc) is 2.16. The molecule has 4 heteroatoms. The summed E-state index contributed by atoms with van der Waals surface area (Å²) in [5, 5.41) is 0.666. The number of nitrogens with one attached hydrogen (secondary N) is 1. The van der Waals surface area contributed by atoms with Crippen LogP contribution < -0.4 is 11.3 Å². The Labute approximate surface area is 83.3 Å². The molecule has 0 saturated heterocycles. The molecule has 0 amide bonds. The maximum atomic E-state index is 5.98. The predicted octanol–water partition coefficient (Wildman–Crippen LogP) is 2.04. The van der Waals surface area contributed by atoms with E-state index in [0.29, 0.717) is 5.02 Å². The number of hydrogen-bond acceptors (Lipinski definition) is 3. The van der Waals surface area contributed by atoms with E-state index in [1.165, 1.54) is 0 Å². The molecule has 0 radical (unpaired) electrons. The highest BCUT2D eigenvalue weighted by Crippen LogP contribution is 2.22. The summed E-state index contributed by atoms with van der Waals surface area (Å²) >= 11 is 5.98. The Morgan fingerprint density at radius 1 is 1.69 bits per heavy atom. The minimum Gasteiger partial charge on any atom is -0.271 e. The molecule has 1 unspecified atom stereocenters. The Bertz CT molecular complexity index is 265. The molecule has 0 aliphatic heterocycles. The van der Waals surface area contributed by atoms with Gasteiger partial charge in [0.15, 0.2) is 0 Å². The highest BCUT2D eigenvalue weighted by Gasteiger charge is 2.12. The lowest BCUT2D eigenvalue weighted by molar-refractivity contribution is 0.499. The molecule has 0 aliphatic rings. The molecular weight excluding hydrogens is 186 g/mol. The van der Waals surface area contributed by atoms with Crippen LogP contribution in [-0.4, -0.2) is 4.98 Å². The summed E-state index contributed by atoms with van der Waals surface area (Å²) in [7, 11) is 0. The van der Waals surface area contributed by atoms with E-state index in [2.05, 4.69) is 17.3 Å². The third-order valence-electron chi connectivity index (χ3n) is 1.90. The van der Waals surface area contributed by atoms with Crippen molar-refractivity contribution in [3.8, 4) is 0 Å². The molecule has 0 bridgehead atoms. The van der Waals surface area contributed by atoms with Crippen LogP contribution in [0, 0.1) is 0 Å². The molecule has 3 nitrogen and oxygen atoms in total. The largest absolute Gasteiger partial charge is 0.271 e. The summed E-state index contributed by atoms with van der Waals surface area (Å²) in [6, 6.07) is 3.69. The number of hydrogen-bond donors (Lipinski definition) is 2. The summed E-state index contributed by atoms with van der Waals surface area (Å²) in [6.07, 6.45) is 3.70. The first kappa shape index (κ1) is 10.4. The molecule has 3 N–H and O–H groups in total. The second-order valence-corrected chi connectivity index (χ2v) is 3.29. The van der Waals surface area contributed by atoms with E-state index in [4.69, 9.17) is 17.4 Å². The fraction of sp³-hybridized carbons (Fsp3) is 0.444. The lowest BCUT2D eigenvalue weighted by atomic mass is 10.1. The van der Waals surface area contributed by atoms with Gasteiger partial charge >= 0.3 is 0 Å². The number of halogens is 1. The summed E-state index contributed by atoms with van der Waals surface area (Å²) in [6.45, 7) is 2.10. The van der Waals surface area contributed by atoms with Crippen LogP contribution in [0.5, 0.6) is 0 Å². The van der Waals surface area contributed by atoms with Crippen LogP contribution in [0.15, 0.2) is 18.3 Å². The van der Waals surface area contributed by atoms with Crippen molar-refractivity contribution in [3.05, 3.63) is 29.0 Å². The Kier molecular flexibility index (Phi) is 4.15. The van der Waals surface area contributed by atoms with Gasteiger partial charge in [-0.3, -0.25) is 16.3 Å². The van der Waals surface area contributed by atoms with Gasteiger partial charge in [-0.2, -0.15) is 0 Å². The smallest absolute Gasteiger partial charge is 0.0772 e. The molecule has 1 rings (SSSR count). The van der Waals surface area contributed by atoms with Gasteiger partial charge in [-0.05, 0) is 18.6 Å². The van der Waals surface area contributed by atoms with E-state index >= 15 is 0 Å². The minimum atomic E-state index is 0.0544. The van der Waals surface area contributed by atoms with Crippen molar-refractivity contribution in [3.63, 3.8) is 0 Å². The van der Waals surface area contributed by atoms with Crippen molar-refractivity contribution < 1.29 is 0 Å². The molecule has 0 saturated carbocycles. The average molecular weight is 200 g/mol. The van der Waals surface area contributed by atoms with Crippen molar-refractivity contribution in [2.75, 3.05) is 0 Å². The third-order valence-corrected chi connectivity index (χ3v) is 2.22. The van der Waals surface area contributed by atoms with Crippen LogP contribution in [0.25, 0.3) is 0 Å². The number of rotatable bonds is 4. The molecule has 0 spiro atoms. The van der Waals surface area contributed by atoms with Gasteiger partial charge in [0.25, 0.3) is 0 Å². The molecule has 0 aliphatic carbocycles. The molecular formula is C9H14ClN3. The molecule has 0 fully saturated rings. The van der Waals surface area contributed by atoms with Gasteiger partial charge in [-0.1, -0.05) is 24.9 Å². The van der Waals surface area contributed by atoms with Crippen molar-refractivity contribution in [2.45, 2.75) is 25.8 Å². The van der Waals surface area contributed by atoms with E-state index in [1.54, 1.807) is 6.20 Å². The maximum Gasteiger partial charge on any atom is 0.0772 e. The number of nitrogens with zero attached hydrogens (tertiary/aromatic N) is 1. The Morgan fingerprint density at radius 2 is 2.46 bits per heavy atom. The monoisotopic (exact) mass is 199 g/mol. The Morgan fingerprint density at radius 3 is 3.00 bits per heavy atom. The Hall–Kier alpha value is -0.640. The molecule has 1 heterocycles.